The van der Waals surface area contributed by atoms with Crippen LogP contribution in [0.3, 0.4) is 0 Å². The summed E-state index contributed by atoms with van der Waals surface area (Å²) >= 11 is 0. The number of carbonyl (C=O) groups excluding carboxylic acids is 2. The molecule has 0 saturated heterocycles. The van der Waals surface area contributed by atoms with Gasteiger partial charge in [0.1, 0.15) is 6.61 Å². The third-order valence-electron chi connectivity index (χ3n) is 8.11. The number of esters is 2. The van der Waals surface area contributed by atoms with Crippen molar-refractivity contribution >= 4 is 19.8 Å². The van der Waals surface area contributed by atoms with Crippen LogP contribution in [0.2, 0.25) is 0 Å². The van der Waals surface area contributed by atoms with E-state index < -0.39 is 32.5 Å². The Kier molecular flexibility index (Phi) is 34.4. The van der Waals surface area contributed by atoms with Crippen LogP contribution in [0.15, 0.2) is 48.6 Å². The Labute approximate surface area is 299 Å². The molecule has 0 rings (SSSR count). The molecule has 2 N–H and O–H groups in total. The molecule has 0 bridgehead atoms. The van der Waals surface area contributed by atoms with Crippen LogP contribution in [0.5, 0.6) is 0 Å². The minimum Gasteiger partial charge on any atom is -0.462 e. The van der Waals surface area contributed by atoms with E-state index in [0.29, 0.717) is 6.42 Å². The summed E-state index contributed by atoms with van der Waals surface area (Å²) in [6, 6.07) is 0. The van der Waals surface area contributed by atoms with Crippen molar-refractivity contribution < 1.29 is 37.9 Å². The number of rotatable bonds is 35. The number of phosphoric acid groups is 1. The third kappa shape index (κ3) is 38.7. The van der Waals surface area contributed by atoms with Gasteiger partial charge in [-0.2, -0.15) is 0 Å². The summed E-state index contributed by atoms with van der Waals surface area (Å²) in [4.78, 5) is 42.7. The second-order valence-electron chi connectivity index (χ2n) is 12.9. The number of phosphoric ester groups is 1. The number of unbranched alkanes of at least 4 members (excludes halogenated alkanes) is 17. The van der Waals surface area contributed by atoms with Gasteiger partial charge in [0.05, 0.1) is 6.61 Å². The van der Waals surface area contributed by atoms with Crippen molar-refractivity contribution in [2.45, 2.75) is 180 Å². The van der Waals surface area contributed by atoms with Crippen molar-refractivity contribution in [3.05, 3.63) is 48.6 Å². The predicted octanol–water partition coefficient (Wildman–Crippen LogP) is 11.6. The summed E-state index contributed by atoms with van der Waals surface area (Å²) in [5, 5.41) is 0. The molecular formula is C40H71O8P. The third-order valence-corrected chi connectivity index (χ3v) is 8.60. The Balaban J connectivity index is 4.00. The highest BCUT2D eigenvalue weighted by molar-refractivity contribution is 7.46. The van der Waals surface area contributed by atoms with E-state index in [2.05, 4.69) is 67.0 Å². The lowest BCUT2D eigenvalue weighted by atomic mass is 10.0. The number of allylic oxidation sites excluding steroid dienone is 8. The topological polar surface area (TPSA) is 119 Å². The fraction of sp³-hybridized carbons (Fsp3) is 0.750. The lowest BCUT2D eigenvalue weighted by molar-refractivity contribution is -0.161. The van der Waals surface area contributed by atoms with Crippen LogP contribution in [0.25, 0.3) is 0 Å². The van der Waals surface area contributed by atoms with Gasteiger partial charge in [-0.1, -0.05) is 159 Å². The predicted molar refractivity (Wildman–Crippen MR) is 202 cm³/mol. The van der Waals surface area contributed by atoms with Gasteiger partial charge in [-0.25, -0.2) is 4.57 Å². The van der Waals surface area contributed by atoms with Crippen molar-refractivity contribution in [1.29, 1.82) is 0 Å². The highest BCUT2D eigenvalue weighted by Gasteiger charge is 2.22. The van der Waals surface area contributed by atoms with Crippen molar-refractivity contribution in [1.82, 2.24) is 0 Å². The van der Waals surface area contributed by atoms with Gasteiger partial charge in [-0.15, -0.1) is 0 Å². The average Bonchev–Trinajstić information content (AvgIpc) is 3.07. The first-order valence-electron chi connectivity index (χ1n) is 19.4. The molecule has 0 aliphatic carbocycles. The molecule has 1 atom stereocenters. The van der Waals surface area contributed by atoms with Crippen molar-refractivity contribution in [3.63, 3.8) is 0 Å². The minimum absolute atomic E-state index is 0.160. The fourth-order valence-electron chi connectivity index (χ4n) is 5.25. The van der Waals surface area contributed by atoms with E-state index in [-0.39, 0.29) is 19.4 Å². The van der Waals surface area contributed by atoms with Gasteiger partial charge in [0.25, 0.3) is 0 Å². The first-order chi connectivity index (χ1) is 23.8. The molecule has 0 aromatic carbocycles. The molecule has 9 heteroatoms. The lowest BCUT2D eigenvalue weighted by Crippen LogP contribution is -2.29. The normalized spacial score (nSPS) is 13.0. The summed E-state index contributed by atoms with van der Waals surface area (Å²) < 4.78 is 26.3. The smallest absolute Gasteiger partial charge is 0.462 e. The van der Waals surface area contributed by atoms with Crippen molar-refractivity contribution in [3.8, 4) is 0 Å². The number of hydrogen-bond acceptors (Lipinski definition) is 6. The van der Waals surface area contributed by atoms with Crippen LogP contribution in [0.1, 0.15) is 174 Å². The Hall–Kier alpha value is -1.99. The quantitative estimate of drug-likeness (QED) is 0.0289. The van der Waals surface area contributed by atoms with Crippen LogP contribution < -0.4 is 0 Å². The molecule has 0 aromatic heterocycles. The van der Waals surface area contributed by atoms with Gasteiger partial charge in [-0.05, 0) is 51.4 Å². The van der Waals surface area contributed by atoms with Gasteiger partial charge in [0.2, 0.25) is 0 Å². The van der Waals surface area contributed by atoms with E-state index in [1.165, 1.54) is 83.5 Å². The first-order valence-corrected chi connectivity index (χ1v) is 21.0. The lowest BCUT2D eigenvalue weighted by Gasteiger charge is -2.18. The van der Waals surface area contributed by atoms with E-state index >= 15 is 0 Å². The van der Waals surface area contributed by atoms with Crippen LogP contribution in [0, 0.1) is 0 Å². The summed E-state index contributed by atoms with van der Waals surface area (Å²) in [5.41, 5.74) is 0. The fourth-order valence-corrected chi connectivity index (χ4v) is 5.61. The van der Waals surface area contributed by atoms with E-state index in [4.69, 9.17) is 19.3 Å². The maximum Gasteiger partial charge on any atom is 0.469 e. The second kappa shape index (κ2) is 35.8. The highest BCUT2D eigenvalue weighted by Crippen LogP contribution is 2.36. The number of hydrogen-bond donors (Lipinski definition) is 2. The standard InChI is InChI=1S/C40H71O8P/c1-3-5-7-9-11-13-15-17-19-21-22-24-26-28-30-32-34-39(41)46-36-38(37-47-49(43,44)45)48-40(42)35-33-31-29-27-25-23-20-18-16-14-12-10-8-6-4-2/h6,8,12,14,18,20,25,27,38H,3-5,7,9-11,13,15-17,19,21-24,26,28-37H2,1-2H3,(H2,43,44,45)/b8-6+,14-12+,20-18+,27-25+/t38-/m1/s1. The van der Waals surface area contributed by atoms with Crippen LogP contribution in [-0.2, 0) is 28.2 Å². The SMILES string of the molecule is CC/C=C/C/C=C/C/C=C/C/C=C/CCCCC(=O)O[C@H](COC(=O)CCCCCCCCCCCCCCCCCC)COP(=O)(O)O. The maximum atomic E-state index is 12.3. The molecule has 284 valence electrons. The van der Waals surface area contributed by atoms with Crippen LogP contribution >= 0.6 is 7.82 Å². The molecular weight excluding hydrogens is 639 g/mol. The molecule has 0 heterocycles. The first kappa shape index (κ1) is 47.0. The van der Waals surface area contributed by atoms with E-state index in [9.17, 15) is 14.2 Å². The summed E-state index contributed by atoms with van der Waals surface area (Å²) in [6.07, 6.45) is 42.6. The molecule has 0 aromatic rings. The molecule has 0 amide bonds. The Morgan fingerprint density at radius 2 is 0.980 bits per heavy atom. The largest absolute Gasteiger partial charge is 0.469 e. The molecule has 49 heavy (non-hydrogen) atoms. The Morgan fingerprint density at radius 3 is 1.47 bits per heavy atom. The van der Waals surface area contributed by atoms with Gasteiger partial charge < -0.3 is 19.3 Å². The van der Waals surface area contributed by atoms with E-state index in [0.717, 1.165) is 57.8 Å². The van der Waals surface area contributed by atoms with Crippen LogP contribution in [-0.4, -0.2) is 41.0 Å². The molecule has 8 nitrogen and oxygen atoms in total. The van der Waals surface area contributed by atoms with Crippen LogP contribution in [0.4, 0.5) is 0 Å². The molecule has 0 aliphatic heterocycles. The van der Waals surface area contributed by atoms with E-state index in [1.54, 1.807) is 0 Å². The van der Waals surface area contributed by atoms with Crippen molar-refractivity contribution in [2.24, 2.45) is 0 Å². The Bertz CT molecular complexity index is 937. The monoisotopic (exact) mass is 710 g/mol. The van der Waals surface area contributed by atoms with Gasteiger partial charge in [0, 0.05) is 12.8 Å². The van der Waals surface area contributed by atoms with E-state index in [1.807, 2.05) is 0 Å². The number of ether oxygens (including phenoxy) is 2. The zero-order valence-electron chi connectivity index (χ0n) is 31.1. The van der Waals surface area contributed by atoms with Gasteiger partial charge >= 0.3 is 19.8 Å². The van der Waals surface area contributed by atoms with Crippen molar-refractivity contribution in [2.75, 3.05) is 13.2 Å². The minimum atomic E-state index is -4.76. The van der Waals surface area contributed by atoms with Gasteiger partial charge in [-0.3, -0.25) is 14.1 Å². The molecule has 0 spiro atoms. The average molecular weight is 711 g/mol. The second-order valence-corrected chi connectivity index (χ2v) is 14.1. The zero-order valence-corrected chi connectivity index (χ0v) is 32.0. The number of carbonyl (C=O) groups is 2. The summed E-state index contributed by atoms with van der Waals surface area (Å²) in [6.45, 7) is 3.53. The molecule has 0 fully saturated rings. The highest BCUT2D eigenvalue weighted by atomic mass is 31.2. The molecule has 0 radical (unpaired) electrons. The molecule has 0 unspecified atom stereocenters. The Morgan fingerprint density at radius 1 is 0.551 bits per heavy atom. The summed E-state index contributed by atoms with van der Waals surface area (Å²) in [7, 11) is -4.76. The van der Waals surface area contributed by atoms with Gasteiger partial charge in [0.15, 0.2) is 6.10 Å². The molecule has 0 saturated carbocycles. The maximum absolute atomic E-state index is 12.3. The zero-order chi connectivity index (χ0) is 36.1. The molecule has 0 aliphatic rings. The summed E-state index contributed by atoms with van der Waals surface area (Å²) in [5.74, 6) is -0.932.